The van der Waals surface area contributed by atoms with E-state index in [0.29, 0.717) is 46.2 Å². The molecule has 238 valence electrons. The third-order valence-corrected chi connectivity index (χ3v) is 7.61. The van der Waals surface area contributed by atoms with E-state index in [2.05, 4.69) is 36.5 Å². The van der Waals surface area contributed by atoms with Crippen LogP contribution in [0.1, 0.15) is 64.2 Å². The van der Waals surface area contributed by atoms with Crippen LogP contribution in [-0.4, -0.2) is 33.9 Å². The summed E-state index contributed by atoms with van der Waals surface area (Å²) in [5, 5.41) is 8.26. The molecule has 8 nitrogen and oxygen atoms in total. The molecular weight excluding hydrogens is 578 g/mol. The molecule has 0 atom stereocenters. The highest BCUT2D eigenvalue weighted by Gasteiger charge is 2.41. The van der Waals surface area contributed by atoms with Gasteiger partial charge in [0.25, 0.3) is 0 Å². The van der Waals surface area contributed by atoms with E-state index in [4.69, 9.17) is 19.3 Å². The quantitative estimate of drug-likeness (QED) is 0.183. The summed E-state index contributed by atoms with van der Waals surface area (Å²) in [4.78, 5) is 27.5. The van der Waals surface area contributed by atoms with Crippen molar-refractivity contribution in [2.45, 2.75) is 73.2 Å². The van der Waals surface area contributed by atoms with Gasteiger partial charge in [0, 0.05) is 28.7 Å². The van der Waals surface area contributed by atoms with Gasteiger partial charge in [-0.25, -0.2) is 14.3 Å². The molecule has 4 aromatic rings. The Labute approximate surface area is 270 Å². The van der Waals surface area contributed by atoms with Gasteiger partial charge in [-0.2, -0.15) is 5.10 Å². The smallest absolute Gasteiger partial charge is 0.337 e. The second-order valence-corrected chi connectivity index (χ2v) is 12.1. The van der Waals surface area contributed by atoms with Gasteiger partial charge < -0.3 is 19.5 Å². The molecule has 0 bridgehead atoms. The number of nitrogens with zero attached hydrogens (tertiary/aromatic N) is 2. The largest absolute Gasteiger partial charge is 0.489 e. The molecule has 1 aromatic heterocycles. The summed E-state index contributed by atoms with van der Waals surface area (Å²) in [7, 11) is 0. The van der Waals surface area contributed by atoms with Gasteiger partial charge in [-0.3, -0.25) is 0 Å². The number of benzene rings is 3. The molecular formula is C38H41N3O5. The molecule has 0 amide bonds. The fourth-order valence-electron chi connectivity index (χ4n) is 5.50. The van der Waals surface area contributed by atoms with Crippen molar-refractivity contribution in [3.63, 3.8) is 0 Å². The van der Waals surface area contributed by atoms with Crippen LogP contribution in [-0.2, 0) is 25.7 Å². The first-order valence-electron chi connectivity index (χ1n) is 15.6. The number of nitrogens with one attached hydrogen (secondary N) is 1. The van der Waals surface area contributed by atoms with Gasteiger partial charge in [0.15, 0.2) is 0 Å². The number of aryl methyl sites for hydroxylation is 1. The number of dihydropyridines is 1. The third kappa shape index (κ3) is 7.23. The minimum atomic E-state index is -0.802. The monoisotopic (exact) mass is 619 g/mol. The van der Waals surface area contributed by atoms with Crippen molar-refractivity contribution in [3.05, 3.63) is 124 Å². The molecule has 0 aliphatic carbocycles. The average molecular weight is 620 g/mol. The first-order chi connectivity index (χ1) is 22.0. The SMILES string of the molecule is CC1=C(C(=O)OC(C)C)C(c2cn(-c3ccccc3)nc2-c2ccc(OCc3ccc(C)cc3)cc2)C(C(=O)OC(C)C)=C(C)N1. The summed E-state index contributed by atoms with van der Waals surface area (Å²) < 4.78 is 19.3. The van der Waals surface area contributed by atoms with Crippen LogP contribution >= 0.6 is 0 Å². The standard InChI is InChI=1S/C38H41N3O5/c1-23(2)45-37(42)33-26(6)39-27(7)34(38(43)46-24(3)4)35(33)32-21-41(30-11-9-8-10-12-30)40-36(32)29-17-19-31(20-18-29)44-22-28-15-13-25(5)14-16-28/h8-21,23-24,35,39H,22H2,1-7H3. The maximum atomic E-state index is 13.7. The van der Waals surface area contributed by atoms with Crippen LogP contribution in [0.5, 0.6) is 5.75 Å². The first-order valence-corrected chi connectivity index (χ1v) is 15.6. The summed E-state index contributed by atoms with van der Waals surface area (Å²) in [6.07, 6.45) is 1.17. The third-order valence-electron chi connectivity index (χ3n) is 7.61. The normalized spacial score (nSPS) is 13.7. The van der Waals surface area contributed by atoms with Crippen molar-refractivity contribution < 1.29 is 23.8 Å². The Morgan fingerprint density at radius 1 is 0.783 bits per heavy atom. The van der Waals surface area contributed by atoms with E-state index in [1.165, 1.54) is 5.56 Å². The average Bonchev–Trinajstić information content (AvgIpc) is 3.45. The van der Waals surface area contributed by atoms with Crippen molar-refractivity contribution >= 4 is 11.9 Å². The van der Waals surface area contributed by atoms with Gasteiger partial charge in [0.2, 0.25) is 0 Å². The van der Waals surface area contributed by atoms with Gasteiger partial charge in [0.1, 0.15) is 12.4 Å². The molecule has 8 heteroatoms. The van der Waals surface area contributed by atoms with Crippen LogP contribution in [0.15, 0.2) is 108 Å². The van der Waals surface area contributed by atoms with Gasteiger partial charge in [-0.1, -0.05) is 48.0 Å². The van der Waals surface area contributed by atoms with Crippen LogP contribution < -0.4 is 10.1 Å². The predicted octanol–water partition coefficient (Wildman–Crippen LogP) is 7.56. The lowest BCUT2D eigenvalue weighted by atomic mass is 9.79. The minimum absolute atomic E-state index is 0.335. The lowest BCUT2D eigenvalue weighted by Gasteiger charge is -2.31. The molecule has 0 unspecified atom stereocenters. The highest BCUT2D eigenvalue weighted by Crippen LogP contribution is 2.43. The molecule has 5 rings (SSSR count). The molecule has 46 heavy (non-hydrogen) atoms. The highest BCUT2D eigenvalue weighted by molar-refractivity contribution is 6.00. The summed E-state index contributed by atoms with van der Waals surface area (Å²) in [6, 6.07) is 25.7. The first kappa shape index (κ1) is 32.3. The Morgan fingerprint density at radius 2 is 1.35 bits per heavy atom. The van der Waals surface area contributed by atoms with Crippen molar-refractivity contribution in [2.75, 3.05) is 0 Å². The van der Waals surface area contributed by atoms with E-state index >= 15 is 0 Å². The Balaban J connectivity index is 1.62. The van der Waals surface area contributed by atoms with Crippen molar-refractivity contribution in [3.8, 4) is 22.7 Å². The van der Waals surface area contributed by atoms with Crippen molar-refractivity contribution in [1.82, 2.24) is 15.1 Å². The van der Waals surface area contributed by atoms with Crippen molar-refractivity contribution in [2.24, 2.45) is 0 Å². The molecule has 1 N–H and O–H groups in total. The van der Waals surface area contributed by atoms with Gasteiger partial charge >= 0.3 is 11.9 Å². The number of hydrogen-bond acceptors (Lipinski definition) is 7. The van der Waals surface area contributed by atoms with E-state index in [9.17, 15) is 9.59 Å². The number of allylic oxidation sites excluding steroid dienone is 2. The van der Waals surface area contributed by atoms with Crippen molar-refractivity contribution in [1.29, 1.82) is 0 Å². The predicted molar refractivity (Wildman–Crippen MR) is 178 cm³/mol. The van der Waals surface area contributed by atoms with Crippen LogP contribution in [0.25, 0.3) is 16.9 Å². The number of esters is 2. The maximum Gasteiger partial charge on any atom is 0.337 e. The minimum Gasteiger partial charge on any atom is -0.489 e. The van der Waals surface area contributed by atoms with E-state index in [1.54, 1.807) is 32.4 Å². The maximum absolute atomic E-state index is 13.7. The van der Waals surface area contributed by atoms with Crippen LogP contribution in [0.3, 0.4) is 0 Å². The van der Waals surface area contributed by atoms with Gasteiger partial charge in [-0.15, -0.1) is 0 Å². The van der Waals surface area contributed by atoms with E-state index in [0.717, 1.165) is 16.8 Å². The highest BCUT2D eigenvalue weighted by atomic mass is 16.5. The summed E-state index contributed by atoms with van der Waals surface area (Å²) in [6.45, 7) is 13.3. The van der Waals surface area contributed by atoms with E-state index < -0.39 is 17.9 Å². The lowest BCUT2D eigenvalue weighted by Crippen LogP contribution is -2.33. The van der Waals surface area contributed by atoms with Gasteiger partial charge in [-0.05, 0) is 90.4 Å². The number of hydrogen-bond donors (Lipinski definition) is 1. The zero-order chi connectivity index (χ0) is 33.0. The van der Waals surface area contributed by atoms with E-state index in [-0.39, 0.29) is 12.2 Å². The fraction of sp³-hybridized carbons (Fsp3) is 0.289. The number of carbonyl (C=O) groups excluding carboxylic acids is 2. The van der Waals surface area contributed by atoms with Crippen LogP contribution in [0.4, 0.5) is 0 Å². The fourth-order valence-corrected chi connectivity index (χ4v) is 5.50. The Hall–Kier alpha value is -5.11. The molecule has 0 saturated carbocycles. The number of carbonyl (C=O) groups is 2. The second kappa shape index (κ2) is 13.9. The molecule has 0 spiro atoms. The van der Waals surface area contributed by atoms with E-state index in [1.807, 2.05) is 74.6 Å². The van der Waals surface area contributed by atoms with Crippen LogP contribution in [0.2, 0.25) is 0 Å². The van der Waals surface area contributed by atoms with Crippen LogP contribution in [0, 0.1) is 6.92 Å². The number of para-hydroxylation sites is 1. The Kier molecular flexibility index (Phi) is 9.75. The molecule has 0 radical (unpaired) electrons. The topological polar surface area (TPSA) is 91.7 Å². The molecule has 1 aliphatic rings. The molecule has 2 heterocycles. The summed E-state index contributed by atoms with van der Waals surface area (Å²) in [5.74, 6) is -1.11. The Morgan fingerprint density at radius 3 is 1.89 bits per heavy atom. The Bertz CT molecular complexity index is 1720. The zero-order valence-corrected chi connectivity index (χ0v) is 27.5. The summed E-state index contributed by atoms with van der Waals surface area (Å²) >= 11 is 0. The number of rotatable bonds is 10. The number of aromatic nitrogens is 2. The number of ether oxygens (including phenoxy) is 3. The van der Waals surface area contributed by atoms with Gasteiger partial charge in [0.05, 0.1) is 40.7 Å². The molecule has 3 aromatic carbocycles. The molecule has 0 saturated heterocycles. The molecule has 1 aliphatic heterocycles. The molecule has 0 fully saturated rings. The summed E-state index contributed by atoms with van der Waals surface area (Å²) in [5.41, 5.74) is 7.08. The zero-order valence-electron chi connectivity index (χ0n) is 27.5. The lowest BCUT2D eigenvalue weighted by molar-refractivity contribution is -0.143. The second-order valence-electron chi connectivity index (χ2n) is 12.1.